The number of non-ortho nitro benzene ring substituents is 1. The number of nitrogens with zero attached hydrogens (tertiary/aromatic N) is 6. The molecule has 2 heterocycles. The van der Waals surface area contributed by atoms with Crippen molar-refractivity contribution < 1.29 is 14.5 Å². The van der Waals surface area contributed by atoms with Gasteiger partial charge in [-0.2, -0.15) is 5.01 Å². The number of hydrazone groups is 1. The molecule has 10 heteroatoms. The quantitative estimate of drug-likeness (QED) is 0.615. The Labute approximate surface area is 130 Å². The standard InChI is InChI=1S/C13H12N6O4/c1-9(20)18-13(10-2-4-11(5-3-10)19(21)22)23-12(16-18)6-17-7-14-15-8-17/h2-5,7-8,13H,6H2,1H3. The monoisotopic (exact) mass is 316 g/mol. The normalized spacial score (nSPS) is 16.8. The second-order valence-electron chi connectivity index (χ2n) is 4.81. The lowest BCUT2D eigenvalue weighted by molar-refractivity contribution is -0.384. The Morgan fingerprint density at radius 1 is 1.30 bits per heavy atom. The van der Waals surface area contributed by atoms with Gasteiger partial charge in [0.2, 0.25) is 18.0 Å². The van der Waals surface area contributed by atoms with E-state index in [-0.39, 0.29) is 18.1 Å². The van der Waals surface area contributed by atoms with E-state index in [0.717, 1.165) is 0 Å². The van der Waals surface area contributed by atoms with E-state index in [0.29, 0.717) is 11.5 Å². The van der Waals surface area contributed by atoms with Crippen LogP contribution in [0.3, 0.4) is 0 Å². The molecule has 0 saturated heterocycles. The molecule has 0 radical (unpaired) electrons. The van der Waals surface area contributed by atoms with Crippen LogP contribution in [0.2, 0.25) is 0 Å². The topological polar surface area (TPSA) is 116 Å². The number of carbonyl (C=O) groups excluding carboxylic acids is 1. The van der Waals surface area contributed by atoms with E-state index in [1.165, 1.54) is 48.9 Å². The molecule has 3 rings (SSSR count). The highest BCUT2D eigenvalue weighted by atomic mass is 16.6. The molecule has 10 nitrogen and oxygen atoms in total. The van der Waals surface area contributed by atoms with Gasteiger partial charge in [0.05, 0.1) is 4.92 Å². The highest BCUT2D eigenvalue weighted by Gasteiger charge is 2.32. The van der Waals surface area contributed by atoms with Crippen LogP contribution in [0.15, 0.2) is 42.0 Å². The molecule has 1 aliphatic rings. The van der Waals surface area contributed by atoms with Crippen LogP contribution < -0.4 is 0 Å². The SMILES string of the molecule is CC(=O)N1N=C(Cn2cnnc2)OC1c1ccc([N+](=O)[O-])cc1. The molecule has 0 aliphatic carbocycles. The zero-order valence-corrected chi connectivity index (χ0v) is 12.1. The third-order valence-electron chi connectivity index (χ3n) is 3.19. The minimum absolute atomic E-state index is 0.0354. The van der Waals surface area contributed by atoms with Gasteiger partial charge >= 0.3 is 0 Å². The minimum Gasteiger partial charge on any atom is -0.448 e. The zero-order chi connectivity index (χ0) is 16.4. The summed E-state index contributed by atoms with van der Waals surface area (Å²) >= 11 is 0. The Hall–Kier alpha value is -3.30. The minimum atomic E-state index is -0.750. The van der Waals surface area contributed by atoms with E-state index < -0.39 is 11.2 Å². The van der Waals surface area contributed by atoms with Crippen molar-refractivity contribution in [2.45, 2.75) is 19.7 Å². The fraction of sp³-hybridized carbons (Fsp3) is 0.231. The molecule has 23 heavy (non-hydrogen) atoms. The fourth-order valence-electron chi connectivity index (χ4n) is 2.11. The zero-order valence-electron chi connectivity index (χ0n) is 12.1. The average Bonchev–Trinajstić information content (AvgIpc) is 3.17. The molecule has 1 aromatic heterocycles. The molecule has 1 amide bonds. The summed E-state index contributed by atoms with van der Waals surface area (Å²) in [6, 6.07) is 5.79. The first-order valence-corrected chi connectivity index (χ1v) is 6.65. The van der Waals surface area contributed by atoms with Crippen LogP contribution in [0.1, 0.15) is 18.7 Å². The van der Waals surface area contributed by atoms with Crippen LogP contribution in [0, 0.1) is 10.1 Å². The van der Waals surface area contributed by atoms with Crippen LogP contribution in [-0.4, -0.2) is 36.5 Å². The summed E-state index contributed by atoms with van der Waals surface area (Å²) in [4.78, 5) is 22.0. The summed E-state index contributed by atoms with van der Waals surface area (Å²) in [6.07, 6.45) is 2.26. The smallest absolute Gasteiger partial charge is 0.269 e. The van der Waals surface area contributed by atoms with E-state index in [2.05, 4.69) is 15.3 Å². The maximum Gasteiger partial charge on any atom is 0.269 e. The number of aromatic nitrogens is 3. The number of amides is 1. The molecule has 2 aromatic rings. The Morgan fingerprint density at radius 2 is 1.96 bits per heavy atom. The van der Waals surface area contributed by atoms with Crippen LogP contribution in [-0.2, 0) is 16.1 Å². The maximum absolute atomic E-state index is 11.8. The van der Waals surface area contributed by atoms with Gasteiger partial charge in [0.15, 0.2) is 0 Å². The number of nitro benzene ring substituents is 1. The summed E-state index contributed by atoms with van der Waals surface area (Å²) in [7, 11) is 0. The Balaban J connectivity index is 1.81. The molecule has 1 atom stereocenters. The lowest BCUT2D eigenvalue weighted by Gasteiger charge is -2.19. The van der Waals surface area contributed by atoms with Crippen molar-refractivity contribution in [3.63, 3.8) is 0 Å². The number of nitro groups is 1. The second-order valence-corrected chi connectivity index (χ2v) is 4.81. The van der Waals surface area contributed by atoms with E-state index in [1.807, 2.05) is 0 Å². The molecule has 0 spiro atoms. The van der Waals surface area contributed by atoms with E-state index in [9.17, 15) is 14.9 Å². The number of rotatable bonds is 4. The lowest BCUT2D eigenvalue weighted by atomic mass is 10.2. The highest BCUT2D eigenvalue weighted by molar-refractivity contribution is 5.82. The van der Waals surface area contributed by atoms with Gasteiger partial charge in [-0.15, -0.1) is 15.3 Å². The Morgan fingerprint density at radius 3 is 2.52 bits per heavy atom. The molecule has 0 N–H and O–H groups in total. The van der Waals surface area contributed by atoms with Gasteiger partial charge in [-0.1, -0.05) is 0 Å². The van der Waals surface area contributed by atoms with Crippen molar-refractivity contribution >= 4 is 17.5 Å². The van der Waals surface area contributed by atoms with E-state index in [1.54, 1.807) is 4.57 Å². The van der Waals surface area contributed by atoms with E-state index >= 15 is 0 Å². The van der Waals surface area contributed by atoms with Crippen LogP contribution in [0.4, 0.5) is 5.69 Å². The van der Waals surface area contributed by atoms with Crippen LogP contribution in [0.5, 0.6) is 0 Å². The van der Waals surface area contributed by atoms with Gasteiger partial charge in [-0.05, 0) is 12.1 Å². The lowest BCUT2D eigenvalue weighted by Crippen LogP contribution is -2.25. The molecule has 1 unspecified atom stereocenters. The van der Waals surface area contributed by atoms with Crippen molar-refractivity contribution in [3.05, 3.63) is 52.6 Å². The number of carbonyl (C=O) groups is 1. The third kappa shape index (κ3) is 3.00. The van der Waals surface area contributed by atoms with Crippen LogP contribution in [0.25, 0.3) is 0 Å². The second kappa shape index (κ2) is 5.83. The maximum atomic E-state index is 11.8. The predicted molar refractivity (Wildman–Crippen MR) is 76.9 cm³/mol. The Bertz CT molecular complexity index is 755. The van der Waals surface area contributed by atoms with Crippen LogP contribution >= 0.6 is 0 Å². The molecule has 0 saturated carbocycles. The third-order valence-corrected chi connectivity index (χ3v) is 3.19. The number of hydrogen-bond acceptors (Lipinski definition) is 7. The van der Waals surface area contributed by atoms with Gasteiger partial charge in [0.25, 0.3) is 5.69 Å². The van der Waals surface area contributed by atoms with Gasteiger partial charge in [0, 0.05) is 24.6 Å². The van der Waals surface area contributed by atoms with Crippen molar-refractivity contribution in [1.29, 1.82) is 0 Å². The summed E-state index contributed by atoms with van der Waals surface area (Å²) < 4.78 is 7.35. The summed E-state index contributed by atoms with van der Waals surface area (Å²) in [6.45, 7) is 1.65. The summed E-state index contributed by atoms with van der Waals surface area (Å²) in [5.74, 6) is 0.0236. The van der Waals surface area contributed by atoms with Crippen molar-refractivity contribution in [3.8, 4) is 0 Å². The number of benzene rings is 1. The summed E-state index contributed by atoms with van der Waals surface area (Å²) in [5, 5.41) is 23.4. The molecule has 1 aliphatic heterocycles. The number of hydrogen-bond donors (Lipinski definition) is 0. The first-order chi connectivity index (χ1) is 11.0. The molecular weight excluding hydrogens is 304 g/mol. The predicted octanol–water partition coefficient (Wildman–Crippen LogP) is 1.08. The van der Waals surface area contributed by atoms with Crippen molar-refractivity contribution in [2.75, 3.05) is 0 Å². The van der Waals surface area contributed by atoms with Crippen molar-refractivity contribution in [1.82, 2.24) is 19.8 Å². The average molecular weight is 316 g/mol. The van der Waals surface area contributed by atoms with Gasteiger partial charge in [0.1, 0.15) is 19.2 Å². The molecule has 118 valence electrons. The largest absolute Gasteiger partial charge is 0.448 e. The van der Waals surface area contributed by atoms with Gasteiger partial charge in [-0.25, -0.2) is 0 Å². The molecule has 0 bridgehead atoms. The first-order valence-electron chi connectivity index (χ1n) is 6.65. The Kier molecular flexibility index (Phi) is 3.71. The number of ether oxygens (including phenoxy) is 1. The van der Waals surface area contributed by atoms with Crippen molar-refractivity contribution in [2.24, 2.45) is 5.10 Å². The summed E-state index contributed by atoms with van der Waals surface area (Å²) in [5.41, 5.74) is 0.556. The van der Waals surface area contributed by atoms with Gasteiger partial charge < -0.3 is 9.30 Å². The first kappa shape index (κ1) is 14.6. The fourth-order valence-corrected chi connectivity index (χ4v) is 2.11. The molecule has 0 fully saturated rings. The van der Waals surface area contributed by atoms with Gasteiger partial charge in [-0.3, -0.25) is 14.9 Å². The highest BCUT2D eigenvalue weighted by Crippen LogP contribution is 2.29. The molecule has 1 aromatic carbocycles. The van der Waals surface area contributed by atoms with E-state index in [4.69, 9.17) is 4.74 Å². The molecular formula is C13H12N6O4.